The molecule has 9 heteroatoms. The number of urea groups is 1. The summed E-state index contributed by atoms with van der Waals surface area (Å²) in [6.45, 7) is 0.359. The number of nitrogens with one attached hydrogen (secondary N) is 2. The Morgan fingerprint density at radius 3 is 2.57 bits per heavy atom. The molecular weight excluding hydrogens is 373 g/mol. The Morgan fingerprint density at radius 1 is 1.14 bits per heavy atom. The first kappa shape index (κ1) is 19.9. The summed E-state index contributed by atoms with van der Waals surface area (Å²) in [7, 11) is 0. The molecule has 28 heavy (non-hydrogen) atoms. The molecule has 1 aromatic carbocycles. The van der Waals surface area contributed by atoms with Crippen LogP contribution in [0.5, 0.6) is 5.88 Å². The summed E-state index contributed by atoms with van der Waals surface area (Å²) in [5.41, 5.74) is -0.624. The second-order valence-corrected chi connectivity index (χ2v) is 6.72. The fourth-order valence-corrected chi connectivity index (χ4v) is 2.74. The van der Waals surface area contributed by atoms with Crippen LogP contribution in [0.25, 0.3) is 0 Å². The zero-order chi connectivity index (χ0) is 20.0. The molecule has 0 spiro atoms. The zero-order valence-electron chi connectivity index (χ0n) is 15.1. The number of halogens is 3. The van der Waals surface area contributed by atoms with Crippen LogP contribution in [0.3, 0.4) is 0 Å². The molecule has 0 radical (unpaired) electrons. The molecule has 3 rings (SSSR count). The van der Waals surface area contributed by atoms with E-state index in [0.29, 0.717) is 18.3 Å². The van der Waals surface area contributed by atoms with Crippen molar-refractivity contribution in [3.8, 4) is 5.88 Å². The fourth-order valence-electron chi connectivity index (χ4n) is 2.74. The lowest BCUT2D eigenvalue weighted by atomic mass is 10.0. The first-order valence-corrected chi connectivity index (χ1v) is 8.95. The number of hydrogen-bond donors (Lipinski definition) is 2. The predicted molar refractivity (Wildman–Crippen MR) is 95.4 cm³/mol. The molecule has 0 saturated heterocycles. The Kier molecular flexibility index (Phi) is 6.01. The second kappa shape index (κ2) is 8.45. The summed E-state index contributed by atoms with van der Waals surface area (Å²) in [4.78, 5) is 20.0. The Balaban J connectivity index is 1.40. The lowest BCUT2D eigenvalue weighted by Crippen LogP contribution is -2.38. The monoisotopic (exact) mass is 394 g/mol. The molecule has 1 aliphatic carbocycles. The van der Waals surface area contributed by atoms with E-state index >= 15 is 0 Å². The summed E-state index contributed by atoms with van der Waals surface area (Å²) < 4.78 is 44.1. The minimum Gasteiger partial charge on any atom is -0.473 e. The molecule has 1 aliphatic rings. The number of aromatic nitrogens is 2. The van der Waals surface area contributed by atoms with Gasteiger partial charge in [-0.1, -0.05) is 30.3 Å². The van der Waals surface area contributed by atoms with Gasteiger partial charge >= 0.3 is 12.2 Å². The number of carbonyl (C=O) groups excluding carboxylic acids is 1. The van der Waals surface area contributed by atoms with Crippen LogP contribution in [-0.4, -0.2) is 28.7 Å². The number of ether oxygens (including phenoxy) is 1. The molecule has 1 heterocycles. The number of benzene rings is 1. The first-order valence-electron chi connectivity index (χ1n) is 8.95. The molecule has 0 aliphatic heterocycles. The van der Waals surface area contributed by atoms with Gasteiger partial charge in [0.05, 0.1) is 12.0 Å². The normalized spacial score (nSPS) is 15.0. The number of hydrogen-bond acceptors (Lipinski definition) is 4. The van der Waals surface area contributed by atoms with Crippen molar-refractivity contribution in [2.24, 2.45) is 5.41 Å². The number of carbonyl (C=O) groups is 1. The third kappa shape index (κ3) is 5.34. The van der Waals surface area contributed by atoms with E-state index in [0.717, 1.165) is 5.56 Å². The van der Waals surface area contributed by atoms with Crippen molar-refractivity contribution in [3.63, 3.8) is 0 Å². The molecule has 1 aromatic heterocycles. The van der Waals surface area contributed by atoms with Crippen LogP contribution in [-0.2, 0) is 13.2 Å². The van der Waals surface area contributed by atoms with Crippen LogP contribution in [0.1, 0.15) is 30.7 Å². The highest BCUT2D eigenvalue weighted by atomic mass is 19.4. The van der Waals surface area contributed by atoms with Crippen LogP contribution in [0, 0.1) is 5.41 Å². The van der Waals surface area contributed by atoms with Gasteiger partial charge in [0.2, 0.25) is 5.88 Å². The highest BCUT2D eigenvalue weighted by Gasteiger charge is 2.62. The third-order valence-corrected chi connectivity index (χ3v) is 4.66. The van der Waals surface area contributed by atoms with Crippen molar-refractivity contribution in [3.05, 3.63) is 54.0 Å². The minimum absolute atomic E-state index is 0.0353. The highest BCUT2D eigenvalue weighted by Crippen LogP contribution is 2.59. The van der Waals surface area contributed by atoms with Crippen LogP contribution in [0.4, 0.5) is 18.0 Å². The fraction of sp³-hybridized carbons (Fsp3) is 0.421. The molecular formula is C19H21F3N4O2. The summed E-state index contributed by atoms with van der Waals surface area (Å²) in [6, 6.07) is 10.6. The number of rotatable bonds is 8. The van der Waals surface area contributed by atoms with E-state index in [1.165, 1.54) is 6.20 Å². The van der Waals surface area contributed by atoms with E-state index in [2.05, 4.69) is 20.6 Å². The average Bonchev–Trinajstić information content (AvgIpc) is 3.47. The summed E-state index contributed by atoms with van der Waals surface area (Å²) >= 11 is 0. The van der Waals surface area contributed by atoms with Gasteiger partial charge in [-0.05, 0) is 24.8 Å². The SMILES string of the molecule is O=C(NCCC1(C(F)(F)F)CC1)NCc1nccc(OCc2ccccc2)n1. The van der Waals surface area contributed by atoms with E-state index in [1.807, 2.05) is 30.3 Å². The van der Waals surface area contributed by atoms with Crippen molar-refractivity contribution in [2.75, 3.05) is 6.54 Å². The van der Waals surface area contributed by atoms with E-state index in [1.54, 1.807) is 6.07 Å². The standard InChI is InChI=1S/C19H21F3N4O2/c20-19(21,22)18(7-8-18)9-11-24-17(27)25-12-15-23-10-6-16(26-15)28-13-14-4-2-1-3-5-14/h1-6,10H,7-9,11-13H2,(H2,24,25,27). The Bertz CT molecular complexity index is 795. The Labute approximate surface area is 160 Å². The lowest BCUT2D eigenvalue weighted by molar-refractivity contribution is -0.188. The topological polar surface area (TPSA) is 76.1 Å². The molecule has 2 N–H and O–H groups in total. The predicted octanol–water partition coefficient (Wildman–Crippen LogP) is 3.59. The van der Waals surface area contributed by atoms with Gasteiger partial charge in [-0.15, -0.1) is 0 Å². The van der Waals surface area contributed by atoms with Gasteiger partial charge in [0, 0.05) is 18.8 Å². The molecule has 0 unspecified atom stereocenters. The smallest absolute Gasteiger partial charge is 0.394 e. The van der Waals surface area contributed by atoms with Gasteiger partial charge < -0.3 is 15.4 Å². The minimum atomic E-state index is -4.21. The zero-order valence-corrected chi connectivity index (χ0v) is 15.1. The largest absolute Gasteiger partial charge is 0.473 e. The maximum Gasteiger partial charge on any atom is 0.394 e. The second-order valence-electron chi connectivity index (χ2n) is 6.72. The third-order valence-electron chi connectivity index (χ3n) is 4.66. The van der Waals surface area contributed by atoms with Gasteiger partial charge in [-0.2, -0.15) is 18.2 Å². The Hall–Kier alpha value is -2.84. The van der Waals surface area contributed by atoms with Crippen LogP contribution in [0.2, 0.25) is 0 Å². The molecule has 150 valence electrons. The van der Waals surface area contributed by atoms with Crippen LogP contribution >= 0.6 is 0 Å². The van der Waals surface area contributed by atoms with Gasteiger partial charge in [0.1, 0.15) is 6.61 Å². The molecule has 1 fully saturated rings. The van der Waals surface area contributed by atoms with Gasteiger partial charge in [-0.3, -0.25) is 0 Å². The maximum absolute atomic E-state index is 12.8. The maximum atomic E-state index is 12.8. The summed E-state index contributed by atoms with van der Waals surface area (Å²) in [5, 5.41) is 4.98. The van der Waals surface area contributed by atoms with Crippen LogP contribution < -0.4 is 15.4 Å². The summed E-state index contributed by atoms with van der Waals surface area (Å²) in [6.07, 6.45) is -2.54. The van der Waals surface area contributed by atoms with Crippen molar-refractivity contribution < 1.29 is 22.7 Å². The van der Waals surface area contributed by atoms with E-state index in [-0.39, 0.29) is 32.4 Å². The molecule has 0 atom stereocenters. The number of amides is 2. The Morgan fingerprint density at radius 2 is 1.89 bits per heavy atom. The van der Waals surface area contributed by atoms with Crippen molar-refractivity contribution in [1.82, 2.24) is 20.6 Å². The molecule has 6 nitrogen and oxygen atoms in total. The number of nitrogens with zero attached hydrogens (tertiary/aromatic N) is 2. The van der Waals surface area contributed by atoms with Crippen molar-refractivity contribution in [1.29, 1.82) is 0 Å². The van der Waals surface area contributed by atoms with Crippen LogP contribution in [0.15, 0.2) is 42.6 Å². The van der Waals surface area contributed by atoms with Crippen molar-refractivity contribution in [2.45, 2.75) is 38.6 Å². The summed E-state index contributed by atoms with van der Waals surface area (Å²) in [5.74, 6) is 0.714. The first-order chi connectivity index (χ1) is 13.4. The van der Waals surface area contributed by atoms with E-state index < -0.39 is 17.6 Å². The van der Waals surface area contributed by atoms with Crippen molar-refractivity contribution >= 4 is 6.03 Å². The average molecular weight is 394 g/mol. The molecule has 0 bridgehead atoms. The van der Waals surface area contributed by atoms with Gasteiger partial charge in [0.15, 0.2) is 5.82 Å². The molecule has 1 saturated carbocycles. The number of alkyl halides is 3. The van der Waals surface area contributed by atoms with E-state index in [9.17, 15) is 18.0 Å². The lowest BCUT2D eigenvalue weighted by Gasteiger charge is -2.19. The van der Waals surface area contributed by atoms with E-state index in [4.69, 9.17) is 4.74 Å². The quantitative estimate of drug-likeness (QED) is 0.718. The molecule has 2 aromatic rings. The highest BCUT2D eigenvalue weighted by molar-refractivity contribution is 5.73. The molecule has 2 amide bonds. The van der Waals surface area contributed by atoms with Gasteiger partial charge in [-0.25, -0.2) is 9.78 Å². The van der Waals surface area contributed by atoms with Gasteiger partial charge in [0.25, 0.3) is 0 Å².